The van der Waals surface area contributed by atoms with Crippen molar-refractivity contribution in [1.29, 1.82) is 0 Å². The smallest absolute Gasteiger partial charge is 0.343 e. The summed E-state index contributed by atoms with van der Waals surface area (Å²) in [6, 6.07) is 7.32. The number of nitrogens with zero attached hydrogens (tertiary/aromatic N) is 1. The van der Waals surface area contributed by atoms with E-state index in [-0.39, 0.29) is 42.0 Å². The summed E-state index contributed by atoms with van der Waals surface area (Å²) in [6.45, 7) is 3.50. The summed E-state index contributed by atoms with van der Waals surface area (Å²) >= 11 is 6.71. The number of esters is 1. The molecule has 0 radical (unpaired) electrons. The summed E-state index contributed by atoms with van der Waals surface area (Å²) in [7, 11) is 1.26. The standard InChI is InChI=1S/C20H20Br2N2O7/c1-11(2)6-18(25)23-16-5-4-12(9-17(16)24(27)28)31-20-14(21)7-13(8-15(20)22)30-10-19(26)29-3/h4-5,7-9,11H,6,10H2,1-3H3,(H,23,25). The van der Waals surface area contributed by atoms with Crippen molar-refractivity contribution in [2.24, 2.45) is 5.92 Å². The lowest BCUT2D eigenvalue weighted by Crippen LogP contribution is -2.14. The van der Waals surface area contributed by atoms with Gasteiger partial charge in [-0.25, -0.2) is 4.79 Å². The van der Waals surface area contributed by atoms with Crippen molar-refractivity contribution in [1.82, 2.24) is 0 Å². The maximum absolute atomic E-state index is 12.0. The average Bonchev–Trinajstić information content (AvgIpc) is 2.68. The van der Waals surface area contributed by atoms with Crippen LogP contribution in [0.4, 0.5) is 11.4 Å². The van der Waals surface area contributed by atoms with Crippen LogP contribution in [0.2, 0.25) is 0 Å². The van der Waals surface area contributed by atoms with Gasteiger partial charge in [-0.15, -0.1) is 0 Å². The van der Waals surface area contributed by atoms with E-state index in [2.05, 4.69) is 41.9 Å². The Bertz CT molecular complexity index is 972. The second-order valence-corrected chi connectivity index (χ2v) is 8.47. The molecule has 1 N–H and O–H groups in total. The number of ether oxygens (including phenoxy) is 3. The number of nitro groups is 1. The van der Waals surface area contributed by atoms with E-state index in [0.717, 1.165) is 0 Å². The maximum Gasteiger partial charge on any atom is 0.343 e. The minimum Gasteiger partial charge on any atom is -0.482 e. The van der Waals surface area contributed by atoms with Crippen molar-refractivity contribution in [2.75, 3.05) is 19.0 Å². The number of amides is 1. The van der Waals surface area contributed by atoms with Crippen LogP contribution in [-0.4, -0.2) is 30.5 Å². The predicted octanol–water partition coefficient (Wildman–Crippen LogP) is 5.45. The highest BCUT2D eigenvalue weighted by molar-refractivity contribution is 9.11. The zero-order valence-corrected chi connectivity index (χ0v) is 20.1. The molecule has 0 aliphatic heterocycles. The van der Waals surface area contributed by atoms with E-state index in [0.29, 0.717) is 20.4 Å². The lowest BCUT2D eigenvalue weighted by Gasteiger charge is -2.13. The highest BCUT2D eigenvalue weighted by Crippen LogP contribution is 2.41. The summed E-state index contributed by atoms with van der Waals surface area (Å²) in [5, 5.41) is 14.0. The molecular formula is C20H20Br2N2O7. The number of nitro benzene ring substituents is 1. The van der Waals surface area contributed by atoms with Crippen molar-refractivity contribution >= 4 is 55.1 Å². The highest BCUT2D eigenvalue weighted by atomic mass is 79.9. The molecule has 0 heterocycles. The van der Waals surface area contributed by atoms with E-state index in [9.17, 15) is 19.7 Å². The van der Waals surface area contributed by atoms with Crippen LogP contribution in [-0.2, 0) is 14.3 Å². The molecule has 0 saturated carbocycles. The van der Waals surface area contributed by atoms with Gasteiger partial charge in [-0.2, -0.15) is 0 Å². The van der Waals surface area contributed by atoms with Gasteiger partial charge in [-0.1, -0.05) is 13.8 Å². The molecule has 166 valence electrons. The van der Waals surface area contributed by atoms with Crippen LogP contribution in [0.1, 0.15) is 20.3 Å². The monoisotopic (exact) mass is 558 g/mol. The van der Waals surface area contributed by atoms with Crippen molar-refractivity contribution in [2.45, 2.75) is 20.3 Å². The molecule has 1 amide bonds. The molecule has 0 bridgehead atoms. The summed E-state index contributed by atoms with van der Waals surface area (Å²) in [4.78, 5) is 34.1. The number of rotatable bonds is 9. The van der Waals surface area contributed by atoms with Crippen LogP contribution < -0.4 is 14.8 Å². The number of nitrogens with one attached hydrogen (secondary N) is 1. The third-order valence-electron chi connectivity index (χ3n) is 3.81. The number of halogens is 2. The number of benzene rings is 2. The summed E-state index contributed by atoms with van der Waals surface area (Å²) < 4.78 is 16.6. The predicted molar refractivity (Wildman–Crippen MR) is 121 cm³/mol. The summed E-state index contributed by atoms with van der Waals surface area (Å²) in [5.74, 6) is 0.205. The Morgan fingerprint density at radius 3 is 2.32 bits per heavy atom. The number of carbonyl (C=O) groups is 2. The van der Waals surface area contributed by atoms with E-state index in [1.165, 1.54) is 25.3 Å². The van der Waals surface area contributed by atoms with Gasteiger partial charge >= 0.3 is 5.97 Å². The van der Waals surface area contributed by atoms with Crippen LogP contribution >= 0.6 is 31.9 Å². The Morgan fingerprint density at radius 1 is 1.13 bits per heavy atom. The van der Waals surface area contributed by atoms with Crippen LogP contribution in [0.3, 0.4) is 0 Å². The Balaban J connectivity index is 2.24. The average molecular weight is 560 g/mol. The molecule has 2 aromatic carbocycles. The molecule has 31 heavy (non-hydrogen) atoms. The number of methoxy groups -OCH3 is 1. The molecular weight excluding hydrogens is 540 g/mol. The van der Waals surface area contributed by atoms with Crippen LogP contribution in [0.25, 0.3) is 0 Å². The number of anilines is 1. The zero-order chi connectivity index (χ0) is 23.1. The lowest BCUT2D eigenvalue weighted by molar-refractivity contribution is -0.384. The second-order valence-electron chi connectivity index (χ2n) is 6.77. The number of hydrogen-bond donors (Lipinski definition) is 1. The van der Waals surface area contributed by atoms with Crippen molar-refractivity contribution in [3.05, 3.63) is 49.4 Å². The van der Waals surface area contributed by atoms with Gasteiger partial charge in [0, 0.05) is 6.42 Å². The lowest BCUT2D eigenvalue weighted by atomic mass is 10.1. The van der Waals surface area contributed by atoms with Crippen LogP contribution in [0.5, 0.6) is 17.2 Å². The minimum absolute atomic E-state index is 0.0905. The molecule has 0 saturated heterocycles. The molecule has 0 aromatic heterocycles. The quantitative estimate of drug-likeness (QED) is 0.246. The first-order valence-corrected chi connectivity index (χ1v) is 10.6. The Labute approximate surface area is 195 Å². The Morgan fingerprint density at radius 2 is 1.77 bits per heavy atom. The fourth-order valence-corrected chi connectivity index (χ4v) is 3.75. The first-order valence-electron chi connectivity index (χ1n) is 9.05. The highest BCUT2D eigenvalue weighted by Gasteiger charge is 2.19. The van der Waals surface area contributed by atoms with Crippen molar-refractivity contribution in [3.63, 3.8) is 0 Å². The third-order valence-corrected chi connectivity index (χ3v) is 4.99. The molecule has 2 aromatic rings. The van der Waals surface area contributed by atoms with E-state index in [1.807, 2.05) is 13.8 Å². The SMILES string of the molecule is COC(=O)COc1cc(Br)c(Oc2ccc(NC(=O)CC(C)C)c([N+](=O)[O-])c2)c(Br)c1. The molecule has 0 aliphatic carbocycles. The fraction of sp³-hybridized carbons (Fsp3) is 0.300. The van der Waals surface area contributed by atoms with Gasteiger partial charge in [0.15, 0.2) is 12.4 Å². The molecule has 0 spiro atoms. The van der Waals surface area contributed by atoms with Gasteiger partial charge in [0.2, 0.25) is 5.91 Å². The first-order chi connectivity index (χ1) is 14.6. The zero-order valence-electron chi connectivity index (χ0n) is 16.9. The number of hydrogen-bond acceptors (Lipinski definition) is 7. The van der Waals surface area contributed by atoms with Gasteiger partial charge in [-0.3, -0.25) is 14.9 Å². The van der Waals surface area contributed by atoms with E-state index in [4.69, 9.17) is 9.47 Å². The topological polar surface area (TPSA) is 117 Å². The van der Waals surface area contributed by atoms with Crippen molar-refractivity contribution < 1.29 is 28.7 Å². The molecule has 0 atom stereocenters. The largest absolute Gasteiger partial charge is 0.482 e. The maximum atomic E-state index is 12.0. The minimum atomic E-state index is -0.592. The van der Waals surface area contributed by atoms with E-state index in [1.54, 1.807) is 12.1 Å². The molecule has 0 unspecified atom stereocenters. The van der Waals surface area contributed by atoms with Gasteiger partial charge < -0.3 is 19.5 Å². The summed E-state index contributed by atoms with van der Waals surface area (Å²) in [6.07, 6.45) is 0.250. The van der Waals surface area contributed by atoms with Crippen LogP contribution in [0, 0.1) is 16.0 Å². The van der Waals surface area contributed by atoms with Crippen LogP contribution in [0.15, 0.2) is 39.3 Å². The fourth-order valence-electron chi connectivity index (χ4n) is 2.44. The first kappa shape index (κ1) is 24.6. The summed E-state index contributed by atoms with van der Waals surface area (Å²) in [5.41, 5.74) is -0.201. The van der Waals surface area contributed by atoms with Gasteiger partial charge in [0.25, 0.3) is 5.69 Å². The van der Waals surface area contributed by atoms with Gasteiger partial charge in [0.05, 0.1) is 27.0 Å². The third kappa shape index (κ3) is 7.21. The second kappa shape index (κ2) is 11.1. The van der Waals surface area contributed by atoms with E-state index >= 15 is 0 Å². The molecule has 9 nitrogen and oxygen atoms in total. The normalized spacial score (nSPS) is 10.5. The molecule has 11 heteroatoms. The Kier molecular flexibility index (Phi) is 8.81. The van der Waals surface area contributed by atoms with Gasteiger partial charge in [-0.05, 0) is 62.0 Å². The number of carbonyl (C=O) groups excluding carboxylic acids is 2. The molecule has 0 aliphatic rings. The molecule has 0 fully saturated rings. The van der Waals surface area contributed by atoms with E-state index < -0.39 is 10.9 Å². The van der Waals surface area contributed by atoms with Gasteiger partial charge in [0.1, 0.15) is 17.2 Å². The van der Waals surface area contributed by atoms with Crippen molar-refractivity contribution in [3.8, 4) is 17.2 Å². The Hall–Kier alpha value is -2.66. The molecule has 2 rings (SSSR count).